The molecular weight excluding hydrogens is 232 g/mol. The second-order valence-electron chi connectivity index (χ2n) is 3.79. The topological polar surface area (TPSA) is 66.8 Å². The van der Waals surface area contributed by atoms with Gasteiger partial charge in [0.15, 0.2) is 11.5 Å². The van der Waals surface area contributed by atoms with Gasteiger partial charge >= 0.3 is 5.97 Å². The standard InChI is InChI=1S/C14H12O4/c15-12-7-6-10(9-14(16)17)8-13(12)18-11-4-2-1-3-5-11/h1-8,15H,9H2,(H,16,17). The molecule has 4 nitrogen and oxygen atoms in total. The molecule has 0 aromatic heterocycles. The number of para-hydroxylation sites is 1. The number of rotatable bonds is 4. The zero-order valence-corrected chi connectivity index (χ0v) is 9.54. The summed E-state index contributed by atoms with van der Waals surface area (Å²) in [7, 11) is 0. The first-order valence-corrected chi connectivity index (χ1v) is 5.42. The molecule has 0 bridgehead atoms. The largest absolute Gasteiger partial charge is 0.504 e. The molecule has 4 heteroatoms. The van der Waals surface area contributed by atoms with Crippen molar-refractivity contribution in [2.45, 2.75) is 6.42 Å². The third kappa shape index (κ3) is 3.01. The molecule has 0 spiro atoms. The third-order valence-electron chi connectivity index (χ3n) is 2.35. The van der Waals surface area contributed by atoms with Crippen LogP contribution in [0, 0.1) is 0 Å². The number of phenolic OH excluding ortho intramolecular Hbond substituents is 1. The summed E-state index contributed by atoms with van der Waals surface area (Å²) in [5.74, 6) is -0.112. The van der Waals surface area contributed by atoms with Crippen molar-refractivity contribution in [1.82, 2.24) is 0 Å². The number of hydrogen-bond donors (Lipinski definition) is 2. The predicted molar refractivity (Wildman–Crippen MR) is 66.0 cm³/mol. The maximum Gasteiger partial charge on any atom is 0.307 e. The van der Waals surface area contributed by atoms with Crippen LogP contribution in [0.4, 0.5) is 0 Å². The monoisotopic (exact) mass is 244 g/mol. The minimum Gasteiger partial charge on any atom is -0.504 e. The van der Waals surface area contributed by atoms with Crippen LogP contribution in [0.25, 0.3) is 0 Å². The number of aromatic hydroxyl groups is 1. The fourth-order valence-corrected chi connectivity index (χ4v) is 1.54. The zero-order valence-electron chi connectivity index (χ0n) is 9.54. The lowest BCUT2D eigenvalue weighted by Gasteiger charge is -2.08. The van der Waals surface area contributed by atoms with Gasteiger partial charge in [0.1, 0.15) is 5.75 Å². The molecule has 92 valence electrons. The molecule has 0 aliphatic rings. The van der Waals surface area contributed by atoms with E-state index in [0.717, 1.165) is 0 Å². The number of carboxylic acids is 1. The summed E-state index contributed by atoms with van der Waals surface area (Å²) < 4.78 is 5.49. The fraction of sp³-hybridized carbons (Fsp3) is 0.0714. The van der Waals surface area contributed by atoms with E-state index in [1.807, 2.05) is 18.2 Å². The molecule has 0 heterocycles. The Hall–Kier alpha value is -2.49. The molecule has 0 atom stereocenters. The Bertz CT molecular complexity index is 549. The third-order valence-corrected chi connectivity index (χ3v) is 2.35. The molecule has 0 radical (unpaired) electrons. The highest BCUT2D eigenvalue weighted by atomic mass is 16.5. The van der Waals surface area contributed by atoms with Gasteiger partial charge in [0.2, 0.25) is 0 Å². The highest BCUT2D eigenvalue weighted by Crippen LogP contribution is 2.31. The summed E-state index contributed by atoms with van der Waals surface area (Å²) in [6, 6.07) is 13.5. The van der Waals surface area contributed by atoms with Crippen molar-refractivity contribution >= 4 is 5.97 Å². The van der Waals surface area contributed by atoms with E-state index in [4.69, 9.17) is 9.84 Å². The van der Waals surface area contributed by atoms with Gasteiger partial charge < -0.3 is 14.9 Å². The first kappa shape index (κ1) is 12.0. The van der Waals surface area contributed by atoms with Crippen LogP contribution in [0.1, 0.15) is 5.56 Å². The van der Waals surface area contributed by atoms with E-state index in [0.29, 0.717) is 11.3 Å². The van der Waals surface area contributed by atoms with Crippen LogP contribution < -0.4 is 4.74 Å². The Morgan fingerprint density at radius 3 is 2.50 bits per heavy atom. The molecule has 0 saturated heterocycles. The second kappa shape index (κ2) is 5.23. The maximum absolute atomic E-state index is 10.6. The van der Waals surface area contributed by atoms with Crippen LogP contribution in [-0.2, 0) is 11.2 Å². The molecule has 2 aromatic rings. The second-order valence-corrected chi connectivity index (χ2v) is 3.79. The van der Waals surface area contributed by atoms with Gasteiger partial charge in [-0.25, -0.2) is 0 Å². The van der Waals surface area contributed by atoms with Crippen molar-refractivity contribution in [3.8, 4) is 17.2 Å². The average Bonchev–Trinajstić information content (AvgIpc) is 2.34. The van der Waals surface area contributed by atoms with Gasteiger partial charge in [-0.2, -0.15) is 0 Å². The molecule has 0 unspecified atom stereocenters. The van der Waals surface area contributed by atoms with Gasteiger partial charge in [-0.15, -0.1) is 0 Å². The number of carboxylic acid groups (broad SMARTS) is 1. The quantitative estimate of drug-likeness (QED) is 0.867. The summed E-state index contributed by atoms with van der Waals surface area (Å²) in [6.07, 6.45) is -0.106. The highest BCUT2D eigenvalue weighted by molar-refractivity contribution is 5.70. The molecule has 0 aliphatic carbocycles. The van der Waals surface area contributed by atoms with E-state index >= 15 is 0 Å². The normalized spacial score (nSPS) is 10.0. The molecule has 2 N–H and O–H groups in total. The molecule has 18 heavy (non-hydrogen) atoms. The van der Waals surface area contributed by atoms with Gasteiger partial charge in [-0.3, -0.25) is 4.79 Å². The average molecular weight is 244 g/mol. The van der Waals surface area contributed by atoms with E-state index in [1.165, 1.54) is 12.1 Å². The van der Waals surface area contributed by atoms with Crippen LogP contribution in [-0.4, -0.2) is 16.2 Å². The fourth-order valence-electron chi connectivity index (χ4n) is 1.54. The van der Waals surface area contributed by atoms with Crippen molar-refractivity contribution < 1.29 is 19.7 Å². The Balaban J connectivity index is 2.24. The summed E-state index contributed by atoms with van der Waals surface area (Å²) in [5, 5.41) is 18.4. The smallest absolute Gasteiger partial charge is 0.307 e. The van der Waals surface area contributed by atoms with Gasteiger partial charge in [-0.1, -0.05) is 24.3 Å². The summed E-state index contributed by atoms with van der Waals surface area (Å²) in [5.41, 5.74) is 0.575. The van der Waals surface area contributed by atoms with Crippen molar-refractivity contribution in [3.05, 3.63) is 54.1 Å². The van der Waals surface area contributed by atoms with Crippen molar-refractivity contribution in [3.63, 3.8) is 0 Å². The van der Waals surface area contributed by atoms with Gasteiger partial charge in [0, 0.05) is 0 Å². The summed E-state index contributed by atoms with van der Waals surface area (Å²) >= 11 is 0. The van der Waals surface area contributed by atoms with Crippen LogP contribution in [0.15, 0.2) is 48.5 Å². The van der Waals surface area contributed by atoms with Crippen molar-refractivity contribution in [1.29, 1.82) is 0 Å². The summed E-state index contributed by atoms with van der Waals surface area (Å²) in [6.45, 7) is 0. The molecule has 0 amide bonds. The number of hydrogen-bond acceptors (Lipinski definition) is 3. The lowest BCUT2D eigenvalue weighted by Crippen LogP contribution is -2.00. The summed E-state index contributed by atoms with van der Waals surface area (Å²) in [4.78, 5) is 10.6. The van der Waals surface area contributed by atoms with E-state index in [-0.39, 0.29) is 17.9 Å². The lowest BCUT2D eigenvalue weighted by molar-refractivity contribution is -0.136. The lowest BCUT2D eigenvalue weighted by atomic mass is 10.1. The first-order valence-electron chi connectivity index (χ1n) is 5.42. The van der Waals surface area contributed by atoms with E-state index in [1.54, 1.807) is 18.2 Å². The van der Waals surface area contributed by atoms with E-state index < -0.39 is 5.97 Å². The first-order chi connectivity index (χ1) is 8.65. The van der Waals surface area contributed by atoms with Crippen LogP contribution in [0.3, 0.4) is 0 Å². The number of carbonyl (C=O) groups is 1. The SMILES string of the molecule is O=C(O)Cc1ccc(O)c(Oc2ccccc2)c1. The highest BCUT2D eigenvalue weighted by Gasteiger charge is 2.07. The van der Waals surface area contributed by atoms with Gasteiger partial charge in [-0.05, 0) is 29.8 Å². The van der Waals surface area contributed by atoms with Crippen LogP contribution in [0.5, 0.6) is 17.2 Å². The number of ether oxygens (including phenoxy) is 1. The van der Waals surface area contributed by atoms with Crippen LogP contribution in [0.2, 0.25) is 0 Å². The predicted octanol–water partition coefficient (Wildman–Crippen LogP) is 2.81. The number of aliphatic carboxylic acids is 1. The molecule has 2 rings (SSSR count). The Labute approximate surface area is 104 Å². The maximum atomic E-state index is 10.6. The Morgan fingerprint density at radius 2 is 1.83 bits per heavy atom. The van der Waals surface area contributed by atoms with Gasteiger partial charge in [0.25, 0.3) is 0 Å². The zero-order chi connectivity index (χ0) is 13.0. The molecule has 0 saturated carbocycles. The Morgan fingerprint density at radius 1 is 1.11 bits per heavy atom. The van der Waals surface area contributed by atoms with Gasteiger partial charge in [0.05, 0.1) is 6.42 Å². The minimum absolute atomic E-state index is 0.0204. The number of benzene rings is 2. The minimum atomic E-state index is -0.925. The Kier molecular flexibility index (Phi) is 3.48. The van der Waals surface area contributed by atoms with Crippen LogP contribution >= 0.6 is 0 Å². The van der Waals surface area contributed by atoms with E-state index in [2.05, 4.69) is 0 Å². The number of phenols is 1. The van der Waals surface area contributed by atoms with Crippen molar-refractivity contribution in [2.24, 2.45) is 0 Å². The molecular formula is C14H12O4. The molecule has 2 aromatic carbocycles. The molecule has 0 aliphatic heterocycles. The molecule has 0 fully saturated rings. The van der Waals surface area contributed by atoms with Crippen molar-refractivity contribution in [2.75, 3.05) is 0 Å². The van der Waals surface area contributed by atoms with E-state index in [9.17, 15) is 9.90 Å².